The van der Waals surface area contributed by atoms with E-state index in [4.69, 9.17) is 4.98 Å². The lowest BCUT2D eigenvalue weighted by molar-refractivity contribution is -0.117. The molecule has 0 bridgehead atoms. The zero-order chi connectivity index (χ0) is 20.5. The van der Waals surface area contributed by atoms with Gasteiger partial charge >= 0.3 is 0 Å². The van der Waals surface area contributed by atoms with Crippen molar-refractivity contribution in [3.63, 3.8) is 0 Å². The molecule has 0 saturated carbocycles. The monoisotopic (exact) mass is 417 g/mol. The number of carbonyl (C=O) groups excluding carboxylic acids is 2. The normalized spacial score (nSPS) is 13.9. The maximum atomic E-state index is 12.8. The smallest absolute Gasteiger partial charge is 0.231 e. The lowest BCUT2D eigenvalue weighted by atomic mass is 10.1. The summed E-state index contributed by atoms with van der Waals surface area (Å²) in [5.74, 6) is 0.549. The Balaban J connectivity index is 1.40. The van der Waals surface area contributed by atoms with E-state index in [1.54, 1.807) is 4.90 Å². The molecular formula is C22H19N5O2S. The largest absolute Gasteiger partial charge is 0.310 e. The number of aromatic nitrogens is 3. The van der Waals surface area contributed by atoms with E-state index >= 15 is 0 Å². The van der Waals surface area contributed by atoms with Crippen molar-refractivity contribution in [2.45, 2.75) is 19.3 Å². The minimum atomic E-state index is -0.178. The lowest BCUT2D eigenvalue weighted by Crippen LogP contribution is -2.23. The van der Waals surface area contributed by atoms with E-state index in [9.17, 15) is 9.59 Å². The van der Waals surface area contributed by atoms with Gasteiger partial charge < -0.3 is 5.32 Å². The molecule has 0 aliphatic carbocycles. The van der Waals surface area contributed by atoms with Crippen molar-refractivity contribution in [1.29, 1.82) is 0 Å². The molecule has 7 nitrogen and oxygen atoms in total. The molecule has 8 heteroatoms. The van der Waals surface area contributed by atoms with Gasteiger partial charge in [0.25, 0.3) is 0 Å². The molecule has 4 aromatic rings. The zero-order valence-electron chi connectivity index (χ0n) is 16.1. The van der Waals surface area contributed by atoms with Gasteiger partial charge in [-0.1, -0.05) is 36.4 Å². The van der Waals surface area contributed by atoms with Crippen LogP contribution in [-0.4, -0.2) is 32.7 Å². The highest BCUT2D eigenvalue weighted by atomic mass is 32.1. The second-order valence-corrected chi connectivity index (χ2v) is 7.94. The van der Waals surface area contributed by atoms with Gasteiger partial charge in [-0.2, -0.15) is 0 Å². The van der Waals surface area contributed by atoms with Crippen molar-refractivity contribution < 1.29 is 9.59 Å². The van der Waals surface area contributed by atoms with Gasteiger partial charge in [-0.25, -0.2) is 9.97 Å². The van der Waals surface area contributed by atoms with Crippen molar-refractivity contribution >= 4 is 39.7 Å². The molecule has 0 spiro atoms. The summed E-state index contributed by atoms with van der Waals surface area (Å²) < 4.78 is 1.87. The van der Waals surface area contributed by atoms with Gasteiger partial charge in [-0.3, -0.25) is 18.9 Å². The van der Waals surface area contributed by atoms with Gasteiger partial charge in [0.15, 0.2) is 5.13 Å². The number of benzene rings is 1. The Kier molecular flexibility index (Phi) is 4.76. The van der Waals surface area contributed by atoms with E-state index in [-0.39, 0.29) is 18.2 Å². The number of hydrogen-bond acceptors (Lipinski definition) is 5. The molecule has 0 unspecified atom stereocenters. The summed E-state index contributed by atoms with van der Waals surface area (Å²) in [5.41, 5.74) is 3.06. The van der Waals surface area contributed by atoms with Crippen LogP contribution in [0.15, 0.2) is 60.1 Å². The van der Waals surface area contributed by atoms with Crippen molar-refractivity contribution in [3.05, 3.63) is 65.8 Å². The lowest BCUT2D eigenvalue weighted by Gasteiger charge is -2.10. The minimum Gasteiger partial charge on any atom is -0.310 e. The molecular weight excluding hydrogens is 398 g/mol. The Morgan fingerprint density at radius 3 is 2.73 bits per heavy atom. The number of imidazole rings is 1. The summed E-state index contributed by atoms with van der Waals surface area (Å²) in [5, 5.41) is 5.52. The summed E-state index contributed by atoms with van der Waals surface area (Å²) in [6, 6.07) is 15.5. The first kappa shape index (κ1) is 18.5. The first-order chi connectivity index (χ1) is 14.7. The van der Waals surface area contributed by atoms with Gasteiger partial charge in [0.05, 0.1) is 12.1 Å². The molecule has 4 heterocycles. The fourth-order valence-electron chi connectivity index (χ4n) is 3.61. The number of pyridine rings is 1. The SMILES string of the molecule is O=C(Cc1csc(N2CCCC2=O)n1)Nc1c(-c2ccccc2)nc2ccccn12. The summed E-state index contributed by atoms with van der Waals surface area (Å²) in [6.45, 7) is 0.695. The number of fused-ring (bicyclic) bond motifs is 1. The van der Waals surface area contributed by atoms with Crippen molar-refractivity contribution in [2.75, 3.05) is 16.8 Å². The predicted octanol–water partition coefficient (Wildman–Crippen LogP) is 3.77. The average molecular weight is 417 g/mol. The van der Waals surface area contributed by atoms with E-state index in [1.807, 2.05) is 64.5 Å². The average Bonchev–Trinajstić information content (AvgIpc) is 3.48. The number of nitrogens with one attached hydrogen (secondary N) is 1. The van der Waals surface area contributed by atoms with Crippen LogP contribution in [0.2, 0.25) is 0 Å². The Labute approximate surface area is 177 Å². The molecule has 0 radical (unpaired) electrons. The number of amides is 2. The van der Waals surface area contributed by atoms with Crippen LogP contribution in [-0.2, 0) is 16.0 Å². The highest BCUT2D eigenvalue weighted by Crippen LogP contribution is 2.29. The van der Waals surface area contributed by atoms with Crippen molar-refractivity contribution in [2.24, 2.45) is 0 Å². The first-order valence-electron chi connectivity index (χ1n) is 9.76. The summed E-state index contributed by atoms with van der Waals surface area (Å²) in [4.78, 5) is 35.6. The predicted molar refractivity (Wildman–Crippen MR) is 117 cm³/mol. The summed E-state index contributed by atoms with van der Waals surface area (Å²) >= 11 is 1.40. The molecule has 1 aliphatic rings. The molecule has 1 saturated heterocycles. The summed E-state index contributed by atoms with van der Waals surface area (Å²) in [7, 11) is 0. The van der Waals surface area contributed by atoms with Crippen LogP contribution in [0.25, 0.3) is 16.9 Å². The van der Waals surface area contributed by atoms with Crippen LogP contribution in [0, 0.1) is 0 Å². The molecule has 1 aliphatic heterocycles. The maximum Gasteiger partial charge on any atom is 0.231 e. The molecule has 150 valence electrons. The number of anilines is 2. The Bertz CT molecular complexity index is 1230. The third kappa shape index (κ3) is 3.46. The molecule has 30 heavy (non-hydrogen) atoms. The van der Waals surface area contributed by atoms with E-state index in [2.05, 4.69) is 10.3 Å². The van der Waals surface area contributed by atoms with E-state index in [0.717, 1.165) is 23.3 Å². The first-order valence-corrected chi connectivity index (χ1v) is 10.6. The molecule has 5 rings (SSSR count). The maximum absolute atomic E-state index is 12.8. The molecule has 3 aromatic heterocycles. The Hall–Kier alpha value is -3.52. The molecule has 0 atom stereocenters. The van der Waals surface area contributed by atoms with Gasteiger partial charge in [0.2, 0.25) is 11.8 Å². The number of carbonyl (C=O) groups is 2. The van der Waals surface area contributed by atoms with Crippen molar-refractivity contribution in [1.82, 2.24) is 14.4 Å². The molecule has 2 amide bonds. The van der Waals surface area contributed by atoms with Gasteiger partial charge in [0.1, 0.15) is 17.2 Å². The van der Waals surface area contributed by atoms with Crippen LogP contribution in [0.1, 0.15) is 18.5 Å². The third-order valence-electron chi connectivity index (χ3n) is 5.02. The highest BCUT2D eigenvalue weighted by molar-refractivity contribution is 7.14. The fraction of sp³-hybridized carbons (Fsp3) is 0.182. The Morgan fingerprint density at radius 1 is 1.10 bits per heavy atom. The fourth-order valence-corrected chi connectivity index (χ4v) is 4.47. The van der Waals surface area contributed by atoms with Gasteiger partial charge in [-0.15, -0.1) is 11.3 Å². The van der Waals surface area contributed by atoms with Crippen LogP contribution in [0.3, 0.4) is 0 Å². The second kappa shape index (κ2) is 7.72. The molecule has 1 N–H and O–H groups in total. The van der Waals surface area contributed by atoms with Crippen LogP contribution in [0.5, 0.6) is 0 Å². The minimum absolute atomic E-state index is 0.0959. The summed E-state index contributed by atoms with van der Waals surface area (Å²) in [6.07, 6.45) is 3.42. The number of rotatable bonds is 5. The second-order valence-electron chi connectivity index (χ2n) is 7.10. The highest BCUT2D eigenvalue weighted by Gasteiger charge is 2.24. The van der Waals surface area contributed by atoms with Crippen LogP contribution < -0.4 is 10.2 Å². The van der Waals surface area contributed by atoms with Gasteiger partial charge in [-0.05, 0) is 18.6 Å². The molecule has 1 fully saturated rings. The number of thiazole rings is 1. The van der Waals surface area contributed by atoms with E-state index < -0.39 is 0 Å². The van der Waals surface area contributed by atoms with E-state index in [1.165, 1.54) is 11.3 Å². The number of hydrogen-bond donors (Lipinski definition) is 1. The third-order valence-corrected chi connectivity index (χ3v) is 5.93. The number of nitrogens with zero attached hydrogens (tertiary/aromatic N) is 4. The topological polar surface area (TPSA) is 79.6 Å². The standard InChI is InChI=1S/C22H19N5O2S/c28-18(13-16-14-30-22(23-16)27-12-6-10-19(27)29)25-21-20(15-7-2-1-3-8-15)24-17-9-4-5-11-26(17)21/h1-5,7-9,11,14H,6,10,12-13H2,(H,25,28). The van der Waals surface area contributed by atoms with Crippen LogP contribution in [0.4, 0.5) is 10.9 Å². The van der Waals surface area contributed by atoms with Crippen molar-refractivity contribution in [3.8, 4) is 11.3 Å². The molecule has 1 aromatic carbocycles. The van der Waals surface area contributed by atoms with Crippen LogP contribution >= 0.6 is 11.3 Å². The van der Waals surface area contributed by atoms with Gasteiger partial charge in [0, 0.05) is 30.1 Å². The van der Waals surface area contributed by atoms with E-state index in [0.29, 0.717) is 29.6 Å². The zero-order valence-corrected chi connectivity index (χ0v) is 16.9. The Morgan fingerprint density at radius 2 is 1.93 bits per heavy atom. The quantitative estimate of drug-likeness (QED) is 0.536.